The fourth-order valence-electron chi connectivity index (χ4n) is 1.99. The van der Waals surface area contributed by atoms with E-state index >= 15 is 0 Å². The average molecular weight is 307 g/mol. The number of nitrogens with two attached hydrogens (primary N) is 1. The van der Waals surface area contributed by atoms with Crippen molar-refractivity contribution in [2.45, 2.75) is 18.4 Å². The van der Waals surface area contributed by atoms with Gasteiger partial charge in [-0.1, -0.05) is 5.16 Å². The van der Waals surface area contributed by atoms with Crippen molar-refractivity contribution in [3.63, 3.8) is 0 Å². The molecule has 0 radical (unpaired) electrons. The number of aromatic nitrogens is 3. The topological polar surface area (TPSA) is 127 Å². The first-order valence-corrected chi connectivity index (χ1v) is 7.59. The van der Waals surface area contributed by atoms with Gasteiger partial charge in [0.05, 0.1) is 6.54 Å². The highest BCUT2D eigenvalue weighted by atomic mass is 32.2. The van der Waals surface area contributed by atoms with Crippen LogP contribution >= 0.6 is 0 Å². The van der Waals surface area contributed by atoms with Gasteiger partial charge in [-0.05, 0) is 25.1 Å². The van der Waals surface area contributed by atoms with Crippen molar-refractivity contribution in [2.24, 2.45) is 0 Å². The van der Waals surface area contributed by atoms with E-state index in [-0.39, 0.29) is 17.3 Å². The van der Waals surface area contributed by atoms with Crippen LogP contribution in [0.25, 0.3) is 10.9 Å². The summed E-state index contributed by atoms with van der Waals surface area (Å²) in [6.45, 7) is 1.59. The van der Waals surface area contributed by atoms with Crippen LogP contribution in [0.5, 0.6) is 0 Å². The number of nitrogens with one attached hydrogen (secondary N) is 2. The summed E-state index contributed by atoms with van der Waals surface area (Å²) in [5.41, 5.74) is 6.88. The first kappa shape index (κ1) is 13.6. The van der Waals surface area contributed by atoms with Gasteiger partial charge < -0.3 is 15.2 Å². The zero-order valence-corrected chi connectivity index (χ0v) is 11.9. The number of rotatable bonds is 4. The highest BCUT2D eigenvalue weighted by molar-refractivity contribution is 7.89. The molecule has 9 heteroatoms. The van der Waals surface area contributed by atoms with Gasteiger partial charge in [-0.3, -0.25) is 0 Å². The van der Waals surface area contributed by atoms with Crippen LogP contribution in [-0.4, -0.2) is 23.5 Å². The van der Waals surface area contributed by atoms with E-state index in [0.29, 0.717) is 22.4 Å². The summed E-state index contributed by atoms with van der Waals surface area (Å²) in [6.07, 6.45) is 1.42. The third-order valence-electron chi connectivity index (χ3n) is 2.94. The highest BCUT2D eigenvalue weighted by Crippen LogP contribution is 2.24. The molecule has 0 saturated carbocycles. The molecule has 0 atom stereocenters. The Bertz CT molecular complexity index is 897. The predicted octanol–water partition coefficient (Wildman–Crippen LogP) is 0.920. The summed E-state index contributed by atoms with van der Waals surface area (Å²) in [5.74, 6) is 0.659. The zero-order valence-electron chi connectivity index (χ0n) is 11.1. The Hall–Kier alpha value is -2.39. The lowest BCUT2D eigenvalue weighted by molar-refractivity contribution is 0.372. The fourth-order valence-corrected chi connectivity index (χ4v) is 3.14. The Morgan fingerprint density at radius 2 is 2.24 bits per heavy atom. The van der Waals surface area contributed by atoms with E-state index in [9.17, 15) is 8.42 Å². The number of nitrogen functional groups attached to an aromatic ring is 1. The van der Waals surface area contributed by atoms with Gasteiger partial charge in [0.2, 0.25) is 15.9 Å². The molecule has 21 heavy (non-hydrogen) atoms. The molecule has 2 heterocycles. The largest absolute Gasteiger partial charge is 0.399 e. The minimum atomic E-state index is -3.70. The van der Waals surface area contributed by atoms with Crippen LogP contribution in [0.15, 0.2) is 33.8 Å². The molecular formula is C12H13N5O3S. The second kappa shape index (κ2) is 4.86. The molecular weight excluding hydrogens is 294 g/mol. The van der Waals surface area contributed by atoms with Crippen molar-refractivity contribution in [1.82, 2.24) is 19.8 Å². The number of sulfonamides is 1. The van der Waals surface area contributed by atoms with Gasteiger partial charge in [-0.2, -0.15) is 4.98 Å². The van der Waals surface area contributed by atoms with Crippen molar-refractivity contribution in [3.05, 3.63) is 36.1 Å². The molecule has 0 aliphatic rings. The van der Waals surface area contributed by atoms with E-state index in [1.807, 2.05) is 0 Å². The SMILES string of the molecule is Cc1noc(CNS(=O)(=O)c2c[nH]c3cc(N)ccc23)n1. The molecule has 0 bridgehead atoms. The normalized spacial score (nSPS) is 12.0. The molecule has 3 rings (SSSR count). The van der Waals surface area contributed by atoms with Crippen molar-refractivity contribution >= 4 is 26.6 Å². The number of anilines is 1. The van der Waals surface area contributed by atoms with Crippen molar-refractivity contribution in [1.29, 1.82) is 0 Å². The number of aryl methyl sites for hydroxylation is 1. The fraction of sp³-hybridized carbons (Fsp3) is 0.167. The number of hydrogen-bond acceptors (Lipinski definition) is 6. The summed E-state index contributed by atoms with van der Waals surface area (Å²) < 4.78 is 31.9. The van der Waals surface area contributed by atoms with E-state index in [2.05, 4.69) is 19.8 Å². The molecule has 0 saturated heterocycles. The van der Waals surface area contributed by atoms with Gasteiger partial charge in [0.15, 0.2) is 5.82 Å². The summed E-state index contributed by atoms with van der Waals surface area (Å²) in [6, 6.07) is 4.98. The van der Waals surface area contributed by atoms with Gasteiger partial charge in [0, 0.05) is 22.8 Å². The summed E-state index contributed by atoms with van der Waals surface area (Å²) in [7, 11) is -3.70. The zero-order chi connectivity index (χ0) is 15.0. The van der Waals surface area contributed by atoms with E-state index in [1.165, 1.54) is 6.20 Å². The van der Waals surface area contributed by atoms with Gasteiger partial charge in [0.1, 0.15) is 4.90 Å². The lowest BCUT2D eigenvalue weighted by Gasteiger charge is -2.03. The van der Waals surface area contributed by atoms with Gasteiger partial charge >= 0.3 is 0 Å². The number of hydrogen-bond donors (Lipinski definition) is 3. The number of nitrogens with zero attached hydrogens (tertiary/aromatic N) is 2. The van der Waals surface area contributed by atoms with Crippen LogP contribution in [0, 0.1) is 6.92 Å². The second-order valence-corrected chi connectivity index (χ2v) is 6.25. The molecule has 3 aromatic rings. The maximum absolute atomic E-state index is 12.3. The molecule has 0 fully saturated rings. The van der Waals surface area contributed by atoms with Crippen molar-refractivity contribution in [3.8, 4) is 0 Å². The predicted molar refractivity (Wildman–Crippen MR) is 75.8 cm³/mol. The maximum atomic E-state index is 12.3. The summed E-state index contributed by atoms with van der Waals surface area (Å²) in [4.78, 5) is 6.97. The minimum Gasteiger partial charge on any atom is -0.399 e. The summed E-state index contributed by atoms with van der Waals surface area (Å²) in [5, 5.41) is 4.17. The Balaban J connectivity index is 1.89. The second-order valence-electron chi connectivity index (χ2n) is 4.52. The van der Waals surface area contributed by atoms with E-state index in [1.54, 1.807) is 25.1 Å². The minimum absolute atomic E-state index is 0.0647. The quantitative estimate of drug-likeness (QED) is 0.615. The molecule has 0 unspecified atom stereocenters. The number of aromatic amines is 1. The molecule has 0 amide bonds. The number of fused-ring (bicyclic) bond motifs is 1. The van der Waals surface area contributed by atoms with E-state index in [0.717, 1.165) is 0 Å². The van der Waals surface area contributed by atoms with Crippen LogP contribution in [0.1, 0.15) is 11.7 Å². The molecule has 0 aliphatic heterocycles. The summed E-state index contributed by atoms with van der Waals surface area (Å²) >= 11 is 0. The van der Waals surface area contributed by atoms with Crippen LogP contribution < -0.4 is 10.5 Å². The smallest absolute Gasteiger partial charge is 0.243 e. The van der Waals surface area contributed by atoms with Crippen molar-refractivity contribution in [2.75, 3.05) is 5.73 Å². The lowest BCUT2D eigenvalue weighted by atomic mass is 10.2. The van der Waals surface area contributed by atoms with Crippen LogP contribution in [0.2, 0.25) is 0 Å². The Kier molecular flexibility index (Phi) is 3.15. The van der Waals surface area contributed by atoms with Crippen LogP contribution in [-0.2, 0) is 16.6 Å². The monoisotopic (exact) mass is 307 g/mol. The Labute approximate surface area is 120 Å². The van der Waals surface area contributed by atoms with Gasteiger partial charge in [-0.25, -0.2) is 13.1 Å². The van der Waals surface area contributed by atoms with Crippen LogP contribution in [0.3, 0.4) is 0 Å². The third-order valence-corrected chi connectivity index (χ3v) is 4.38. The Morgan fingerprint density at radius 3 is 2.95 bits per heavy atom. The molecule has 8 nitrogen and oxygen atoms in total. The number of benzene rings is 1. The average Bonchev–Trinajstić information content (AvgIpc) is 3.02. The molecule has 0 aliphatic carbocycles. The Morgan fingerprint density at radius 1 is 1.43 bits per heavy atom. The van der Waals surface area contributed by atoms with Crippen LogP contribution in [0.4, 0.5) is 5.69 Å². The molecule has 0 spiro atoms. The first-order chi connectivity index (χ1) is 9.95. The van der Waals surface area contributed by atoms with Gasteiger partial charge in [0.25, 0.3) is 0 Å². The standard InChI is InChI=1S/C12H13N5O3S/c1-7-16-12(20-17-7)6-15-21(18,19)11-5-14-10-4-8(13)2-3-9(10)11/h2-5,14-15H,6,13H2,1H3. The highest BCUT2D eigenvalue weighted by Gasteiger charge is 2.19. The number of H-pyrrole nitrogens is 1. The maximum Gasteiger partial charge on any atom is 0.243 e. The molecule has 1 aromatic carbocycles. The first-order valence-electron chi connectivity index (χ1n) is 6.11. The molecule has 2 aromatic heterocycles. The molecule has 110 valence electrons. The lowest BCUT2D eigenvalue weighted by Crippen LogP contribution is -2.23. The molecule has 4 N–H and O–H groups in total. The van der Waals surface area contributed by atoms with E-state index < -0.39 is 10.0 Å². The van der Waals surface area contributed by atoms with Crippen molar-refractivity contribution < 1.29 is 12.9 Å². The third kappa shape index (κ3) is 2.60. The van der Waals surface area contributed by atoms with E-state index in [4.69, 9.17) is 10.3 Å². The van der Waals surface area contributed by atoms with Gasteiger partial charge in [-0.15, -0.1) is 0 Å².